The van der Waals surface area contributed by atoms with Crippen molar-refractivity contribution in [2.75, 3.05) is 38.9 Å². The number of rotatable bonds is 7. The third kappa shape index (κ3) is 7.57. The highest BCUT2D eigenvalue weighted by Gasteiger charge is 2.26. The smallest absolute Gasteiger partial charge is 0.0672 e. The van der Waals surface area contributed by atoms with Crippen LogP contribution >= 0.6 is 24.0 Å². The first-order chi connectivity index (χ1) is 10.5. The van der Waals surface area contributed by atoms with E-state index in [0.29, 0.717) is 0 Å². The number of halogens is 2. The zero-order valence-electron chi connectivity index (χ0n) is 14.9. The van der Waals surface area contributed by atoms with Crippen molar-refractivity contribution in [3.63, 3.8) is 0 Å². The Labute approximate surface area is 154 Å². The second-order valence-corrected chi connectivity index (χ2v) is 12.9. The zero-order valence-corrected chi connectivity index (χ0v) is 17.4. The molecule has 0 spiro atoms. The summed E-state index contributed by atoms with van der Waals surface area (Å²) in [5.41, 5.74) is 1.45. The van der Waals surface area contributed by atoms with Gasteiger partial charge < -0.3 is 9.80 Å². The van der Waals surface area contributed by atoms with E-state index in [9.17, 15) is 0 Å². The molecule has 0 radical (unpaired) electrons. The van der Waals surface area contributed by atoms with Gasteiger partial charge in [-0.25, -0.2) is 0 Å². The predicted octanol–water partition coefficient (Wildman–Crippen LogP) is 4.51. The SMILES string of the molecule is CCCCN1CCN(C[Si](C)(C)Cc2ccc(Cl)cc2)CC1.Cl. The minimum Gasteiger partial charge on any atom is -0.304 e. The molecule has 0 bridgehead atoms. The monoisotopic (exact) mass is 374 g/mol. The van der Waals surface area contributed by atoms with E-state index in [1.54, 1.807) is 0 Å². The second-order valence-electron chi connectivity index (χ2n) is 7.44. The summed E-state index contributed by atoms with van der Waals surface area (Å²) in [6.45, 7) is 13.6. The van der Waals surface area contributed by atoms with Gasteiger partial charge in [-0.2, -0.15) is 0 Å². The molecule has 2 rings (SSSR count). The first-order valence-electron chi connectivity index (χ1n) is 8.68. The third-order valence-corrected chi connectivity index (χ3v) is 7.46. The molecule has 1 saturated heterocycles. The molecule has 0 aromatic heterocycles. The maximum atomic E-state index is 5.99. The Morgan fingerprint density at radius 1 is 1.00 bits per heavy atom. The summed E-state index contributed by atoms with van der Waals surface area (Å²) >= 11 is 5.99. The Balaban J connectivity index is 0.00000264. The van der Waals surface area contributed by atoms with Crippen LogP contribution in [0, 0.1) is 0 Å². The normalized spacial score (nSPS) is 17.0. The van der Waals surface area contributed by atoms with Crippen molar-refractivity contribution in [2.45, 2.75) is 38.9 Å². The number of hydrogen-bond donors (Lipinski definition) is 0. The lowest BCUT2D eigenvalue weighted by Gasteiger charge is -2.38. The highest BCUT2D eigenvalue weighted by atomic mass is 35.5. The molecule has 1 aliphatic rings. The molecule has 0 unspecified atom stereocenters. The molecule has 23 heavy (non-hydrogen) atoms. The molecule has 0 saturated carbocycles. The van der Waals surface area contributed by atoms with Crippen molar-refractivity contribution < 1.29 is 0 Å². The lowest BCUT2D eigenvalue weighted by atomic mass is 10.2. The first kappa shape index (κ1) is 21.0. The van der Waals surface area contributed by atoms with Crippen LogP contribution in [-0.2, 0) is 6.04 Å². The molecule has 0 N–H and O–H groups in total. The van der Waals surface area contributed by atoms with E-state index in [4.69, 9.17) is 11.6 Å². The fraction of sp³-hybridized carbons (Fsp3) is 0.667. The van der Waals surface area contributed by atoms with Crippen LogP contribution in [0.5, 0.6) is 0 Å². The Bertz CT molecular complexity index is 443. The fourth-order valence-corrected chi connectivity index (χ4v) is 6.47. The third-order valence-electron chi connectivity index (χ3n) is 4.54. The van der Waals surface area contributed by atoms with Gasteiger partial charge in [0.15, 0.2) is 0 Å². The van der Waals surface area contributed by atoms with Crippen LogP contribution in [0.4, 0.5) is 0 Å². The van der Waals surface area contributed by atoms with Crippen molar-refractivity contribution in [1.29, 1.82) is 0 Å². The van der Waals surface area contributed by atoms with E-state index in [1.807, 2.05) is 12.1 Å². The zero-order chi connectivity index (χ0) is 16.0. The molecular formula is C18H32Cl2N2Si. The maximum Gasteiger partial charge on any atom is 0.0672 e. The molecule has 1 aromatic carbocycles. The second kappa shape index (κ2) is 10.0. The number of piperazine rings is 1. The standard InChI is InChI=1S/C18H31ClN2Si.ClH/c1-4-5-10-20-11-13-21(14-12-20)16-22(2,3)15-17-6-8-18(19)9-7-17;/h6-9H,4-5,10-16H2,1-3H3;1H. The van der Waals surface area contributed by atoms with Gasteiger partial charge in [-0.1, -0.05) is 55.7 Å². The summed E-state index contributed by atoms with van der Waals surface area (Å²) in [7, 11) is -1.23. The van der Waals surface area contributed by atoms with Crippen LogP contribution < -0.4 is 0 Å². The molecule has 5 heteroatoms. The highest BCUT2D eigenvalue weighted by Crippen LogP contribution is 2.17. The summed E-state index contributed by atoms with van der Waals surface area (Å²) < 4.78 is 0. The van der Waals surface area contributed by atoms with Crippen molar-refractivity contribution in [2.24, 2.45) is 0 Å². The molecular weight excluding hydrogens is 343 g/mol. The Morgan fingerprint density at radius 3 is 2.13 bits per heavy atom. The lowest BCUT2D eigenvalue weighted by molar-refractivity contribution is 0.144. The van der Waals surface area contributed by atoms with Gasteiger partial charge in [0.25, 0.3) is 0 Å². The summed E-state index contributed by atoms with van der Waals surface area (Å²) in [6, 6.07) is 9.68. The van der Waals surface area contributed by atoms with Gasteiger partial charge in [-0.15, -0.1) is 12.4 Å². The summed E-state index contributed by atoms with van der Waals surface area (Å²) in [4.78, 5) is 5.33. The van der Waals surface area contributed by atoms with Gasteiger partial charge in [0, 0.05) is 31.2 Å². The maximum absolute atomic E-state index is 5.99. The quantitative estimate of drug-likeness (QED) is 0.647. The topological polar surface area (TPSA) is 6.48 Å². The van der Waals surface area contributed by atoms with E-state index < -0.39 is 8.07 Å². The average Bonchev–Trinajstić information content (AvgIpc) is 2.48. The minimum absolute atomic E-state index is 0. The van der Waals surface area contributed by atoms with Gasteiger partial charge in [0.05, 0.1) is 8.07 Å². The fourth-order valence-electron chi connectivity index (χ4n) is 3.37. The Hall–Kier alpha value is -0.0631. The minimum atomic E-state index is -1.23. The molecule has 1 heterocycles. The number of benzene rings is 1. The van der Waals surface area contributed by atoms with Crippen LogP contribution in [0.15, 0.2) is 24.3 Å². The van der Waals surface area contributed by atoms with Gasteiger partial charge >= 0.3 is 0 Å². The Morgan fingerprint density at radius 2 is 1.57 bits per heavy atom. The summed E-state index contributed by atoms with van der Waals surface area (Å²) in [6.07, 6.45) is 3.97. The van der Waals surface area contributed by atoms with Crippen LogP contribution in [0.1, 0.15) is 25.3 Å². The van der Waals surface area contributed by atoms with Gasteiger partial charge in [0.1, 0.15) is 0 Å². The molecule has 1 aromatic rings. The van der Waals surface area contributed by atoms with Crippen LogP contribution in [-0.4, -0.2) is 56.8 Å². The molecule has 2 nitrogen and oxygen atoms in total. The van der Waals surface area contributed by atoms with Gasteiger partial charge in [0.2, 0.25) is 0 Å². The van der Waals surface area contributed by atoms with Crippen molar-refractivity contribution >= 4 is 32.1 Å². The molecule has 1 aliphatic heterocycles. The Kier molecular flexibility index (Phi) is 9.17. The van der Waals surface area contributed by atoms with E-state index in [-0.39, 0.29) is 12.4 Å². The number of unbranched alkanes of at least 4 members (excludes halogenated alkanes) is 1. The summed E-state index contributed by atoms with van der Waals surface area (Å²) in [5.74, 6) is 0. The number of hydrogen-bond acceptors (Lipinski definition) is 2. The molecule has 132 valence electrons. The molecule has 0 amide bonds. The van der Waals surface area contributed by atoms with Gasteiger partial charge in [-0.3, -0.25) is 0 Å². The van der Waals surface area contributed by atoms with Crippen LogP contribution in [0.2, 0.25) is 18.1 Å². The predicted molar refractivity (Wildman–Crippen MR) is 108 cm³/mol. The van der Waals surface area contributed by atoms with E-state index in [0.717, 1.165) is 5.02 Å². The van der Waals surface area contributed by atoms with E-state index >= 15 is 0 Å². The van der Waals surface area contributed by atoms with Gasteiger partial charge in [-0.05, 0) is 37.3 Å². The lowest BCUT2D eigenvalue weighted by Crippen LogP contribution is -2.52. The largest absolute Gasteiger partial charge is 0.304 e. The first-order valence-corrected chi connectivity index (χ1v) is 12.5. The molecule has 0 aliphatic carbocycles. The molecule has 0 atom stereocenters. The highest BCUT2D eigenvalue weighted by molar-refractivity contribution is 6.77. The van der Waals surface area contributed by atoms with E-state index in [1.165, 1.54) is 63.3 Å². The summed E-state index contributed by atoms with van der Waals surface area (Å²) in [5, 5.41) is 0.839. The number of nitrogens with zero attached hydrogens (tertiary/aromatic N) is 2. The van der Waals surface area contributed by atoms with Crippen LogP contribution in [0.25, 0.3) is 0 Å². The van der Waals surface area contributed by atoms with Crippen LogP contribution in [0.3, 0.4) is 0 Å². The average molecular weight is 375 g/mol. The van der Waals surface area contributed by atoms with Crippen molar-refractivity contribution in [3.8, 4) is 0 Å². The molecule has 1 fully saturated rings. The van der Waals surface area contributed by atoms with Crippen molar-refractivity contribution in [1.82, 2.24) is 9.80 Å². The van der Waals surface area contributed by atoms with E-state index in [2.05, 4.69) is 42.0 Å². The van der Waals surface area contributed by atoms with Crippen molar-refractivity contribution in [3.05, 3.63) is 34.9 Å².